The molecule has 2 aliphatic carbocycles. The molecule has 2 aromatic rings. The van der Waals surface area contributed by atoms with Gasteiger partial charge in [-0.3, -0.25) is 4.79 Å². The Labute approximate surface area is 194 Å². The van der Waals surface area contributed by atoms with Gasteiger partial charge in [-0.25, -0.2) is 9.97 Å². The summed E-state index contributed by atoms with van der Waals surface area (Å²) in [7, 11) is 0. The van der Waals surface area contributed by atoms with Gasteiger partial charge in [-0.05, 0) is 75.2 Å². The first-order chi connectivity index (χ1) is 14.8. The number of piperidine rings is 1. The number of likely N-dealkylation sites (tertiary alicyclic amines) is 1. The number of thioether (sulfide) groups is 1. The highest BCUT2D eigenvalue weighted by Crippen LogP contribution is 2.46. The van der Waals surface area contributed by atoms with Crippen LogP contribution in [0.25, 0.3) is 10.2 Å². The van der Waals surface area contributed by atoms with Crippen LogP contribution in [0, 0.1) is 11.3 Å². The summed E-state index contributed by atoms with van der Waals surface area (Å²) < 4.78 is 0. The minimum absolute atomic E-state index is 0.272. The maximum atomic E-state index is 13.0. The molecule has 1 amide bonds. The number of thiophene rings is 1. The molecule has 2 fully saturated rings. The largest absolute Gasteiger partial charge is 0.339 e. The third-order valence-corrected chi connectivity index (χ3v) is 9.62. The number of hydrogen-bond acceptors (Lipinski definition) is 5. The van der Waals surface area contributed by atoms with Gasteiger partial charge in [0.1, 0.15) is 15.7 Å². The number of nitrogens with zero attached hydrogens (tertiary/aromatic N) is 3. The van der Waals surface area contributed by atoms with E-state index in [9.17, 15) is 4.79 Å². The Kier molecular flexibility index (Phi) is 5.83. The van der Waals surface area contributed by atoms with E-state index in [2.05, 4.69) is 32.6 Å². The predicted molar refractivity (Wildman–Crippen MR) is 130 cm³/mol. The number of rotatable bonds is 4. The normalized spacial score (nSPS) is 24.5. The molecular weight excluding hydrogens is 422 g/mol. The van der Waals surface area contributed by atoms with Gasteiger partial charge in [0.25, 0.3) is 0 Å². The number of amides is 1. The lowest BCUT2D eigenvalue weighted by Gasteiger charge is -2.34. The third-order valence-electron chi connectivity index (χ3n) is 7.52. The zero-order chi connectivity index (χ0) is 21.8. The summed E-state index contributed by atoms with van der Waals surface area (Å²) in [6.45, 7) is 10.2. The average Bonchev–Trinajstić information content (AvgIpc) is 3.51. The molecule has 31 heavy (non-hydrogen) atoms. The van der Waals surface area contributed by atoms with Crippen molar-refractivity contribution < 1.29 is 4.79 Å². The summed E-state index contributed by atoms with van der Waals surface area (Å²) in [5.41, 5.74) is 1.82. The van der Waals surface area contributed by atoms with Gasteiger partial charge in [0.15, 0.2) is 0 Å². The smallest absolute Gasteiger partial charge is 0.233 e. The van der Waals surface area contributed by atoms with Crippen LogP contribution >= 0.6 is 23.1 Å². The number of fused-ring (bicyclic) bond motifs is 3. The van der Waals surface area contributed by atoms with E-state index in [-0.39, 0.29) is 5.91 Å². The molecule has 4 nitrogen and oxygen atoms in total. The van der Waals surface area contributed by atoms with E-state index in [1.165, 1.54) is 41.5 Å². The minimum Gasteiger partial charge on any atom is -0.339 e. The van der Waals surface area contributed by atoms with Gasteiger partial charge in [-0.1, -0.05) is 32.5 Å². The summed E-state index contributed by atoms with van der Waals surface area (Å²) in [6, 6.07) is 0.373. The Bertz CT molecular complexity index is 989. The van der Waals surface area contributed by atoms with Crippen LogP contribution in [0.4, 0.5) is 0 Å². The highest BCUT2D eigenvalue weighted by molar-refractivity contribution is 8.00. The topological polar surface area (TPSA) is 46.1 Å². The lowest BCUT2D eigenvalue weighted by atomic mass is 9.72. The van der Waals surface area contributed by atoms with Crippen LogP contribution < -0.4 is 0 Å². The van der Waals surface area contributed by atoms with Crippen molar-refractivity contribution in [1.82, 2.24) is 14.9 Å². The van der Waals surface area contributed by atoms with E-state index in [0.717, 1.165) is 53.8 Å². The molecule has 5 rings (SSSR count). The molecule has 0 radical (unpaired) electrons. The number of aryl methyl sites for hydroxylation is 1. The van der Waals surface area contributed by atoms with Crippen LogP contribution in [0.3, 0.4) is 0 Å². The fourth-order valence-corrected chi connectivity index (χ4v) is 7.53. The van der Waals surface area contributed by atoms with Gasteiger partial charge >= 0.3 is 0 Å². The van der Waals surface area contributed by atoms with Crippen LogP contribution in [0.5, 0.6) is 0 Å². The molecule has 2 aromatic heterocycles. The van der Waals surface area contributed by atoms with Crippen molar-refractivity contribution in [2.75, 3.05) is 12.3 Å². The van der Waals surface area contributed by atoms with Gasteiger partial charge in [0.2, 0.25) is 5.91 Å². The molecule has 0 spiro atoms. The van der Waals surface area contributed by atoms with E-state index in [0.29, 0.717) is 23.1 Å². The summed E-state index contributed by atoms with van der Waals surface area (Å²) in [4.78, 5) is 27.8. The molecule has 1 saturated heterocycles. The fraction of sp³-hybridized carbons (Fsp3) is 0.720. The van der Waals surface area contributed by atoms with Crippen molar-refractivity contribution in [3.05, 3.63) is 16.3 Å². The van der Waals surface area contributed by atoms with Crippen molar-refractivity contribution >= 4 is 39.2 Å². The quantitative estimate of drug-likeness (QED) is 0.404. The van der Waals surface area contributed by atoms with Crippen LogP contribution in [0.15, 0.2) is 5.03 Å². The van der Waals surface area contributed by atoms with E-state index in [4.69, 9.17) is 9.97 Å². The van der Waals surface area contributed by atoms with Crippen molar-refractivity contribution in [3.8, 4) is 0 Å². The Hall–Kier alpha value is -1.14. The highest BCUT2D eigenvalue weighted by Gasteiger charge is 2.34. The summed E-state index contributed by atoms with van der Waals surface area (Å²) in [5, 5.41) is 2.33. The van der Waals surface area contributed by atoms with Crippen LogP contribution in [0.2, 0.25) is 0 Å². The van der Waals surface area contributed by atoms with Crippen LogP contribution in [0.1, 0.15) is 88.4 Å². The predicted octanol–water partition coefficient (Wildman–Crippen LogP) is 6.21. The molecule has 6 heteroatoms. The van der Waals surface area contributed by atoms with E-state index in [1.54, 1.807) is 11.8 Å². The number of carbonyl (C=O) groups is 1. The molecule has 0 bridgehead atoms. The second-order valence-electron chi connectivity index (χ2n) is 10.9. The molecule has 1 saturated carbocycles. The first-order valence-electron chi connectivity index (χ1n) is 12.1. The lowest BCUT2D eigenvalue weighted by Crippen LogP contribution is -2.42. The Morgan fingerprint density at radius 2 is 1.97 bits per heavy atom. The van der Waals surface area contributed by atoms with Gasteiger partial charge in [-0.2, -0.15) is 0 Å². The monoisotopic (exact) mass is 457 g/mol. The molecular formula is C25H35N3OS2. The Morgan fingerprint density at radius 3 is 2.68 bits per heavy atom. The van der Waals surface area contributed by atoms with Gasteiger partial charge in [0, 0.05) is 28.8 Å². The van der Waals surface area contributed by atoms with Crippen molar-refractivity contribution in [2.45, 2.75) is 96.0 Å². The molecule has 168 valence electrons. The van der Waals surface area contributed by atoms with Crippen LogP contribution in [-0.2, 0) is 17.6 Å². The summed E-state index contributed by atoms with van der Waals surface area (Å²) in [6.07, 6.45) is 9.44. The third kappa shape index (κ3) is 4.39. The molecule has 1 aliphatic heterocycles. The fourth-order valence-electron chi connectivity index (χ4n) is 5.21. The van der Waals surface area contributed by atoms with E-state index in [1.807, 2.05) is 11.3 Å². The van der Waals surface area contributed by atoms with Crippen molar-refractivity contribution in [3.63, 3.8) is 0 Å². The second kappa shape index (κ2) is 8.33. The zero-order valence-corrected chi connectivity index (χ0v) is 21.0. The molecule has 0 unspecified atom stereocenters. The first kappa shape index (κ1) is 21.7. The Morgan fingerprint density at radius 1 is 1.16 bits per heavy atom. The summed E-state index contributed by atoms with van der Waals surface area (Å²) in [5.74, 6) is 3.04. The van der Waals surface area contributed by atoms with Crippen LogP contribution in [-0.4, -0.2) is 39.1 Å². The SMILES string of the molecule is C[C@H]1CCCCN1C(=O)CSc1nc(C2CC2)nc2sc3c(c12)CC[C@H](C(C)(C)C)C3. The second-order valence-corrected chi connectivity index (χ2v) is 12.9. The first-order valence-corrected chi connectivity index (χ1v) is 13.9. The van der Waals surface area contributed by atoms with E-state index >= 15 is 0 Å². The standard InChI is InChI=1S/C25H35N3OS2/c1-15-7-5-6-12-28(15)20(29)14-30-23-21-18-11-10-17(25(2,3)4)13-19(18)31-24(21)27-22(26-23)16-8-9-16/h15-17H,5-14H2,1-4H3/t15-,17-/m0/s1. The lowest BCUT2D eigenvalue weighted by molar-refractivity contribution is -0.131. The number of carbonyl (C=O) groups excluding carboxylic acids is 1. The molecule has 0 N–H and O–H groups in total. The number of aromatic nitrogens is 2. The molecule has 0 aromatic carbocycles. The minimum atomic E-state index is 0.272. The van der Waals surface area contributed by atoms with E-state index < -0.39 is 0 Å². The summed E-state index contributed by atoms with van der Waals surface area (Å²) >= 11 is 3.56. The van der Waals surface area contributed by atoms with Gasteiger partial charge in [-0.15, -0.1) is 11.3 Å². The van der Waals surface area contributed by atoms with Gasteiger partial charge < -0.3 is 4.90 Å². The molecule has 3 aliphatic rings. The van der Waals surface area contributed by atoms with Crippen molar-refractivity contribution in [2.24, 2.45) is 11.3 Å². The number of hydrogen-bond donors (Lipinski definition) is 0. The Balaban J connectivity index is 1.44. The zero-order valence-electron chi connectivity index (χ0n) is 19.4. The maximum Gasteiger partial charge on any atom is 0.233 e. The highest BCUT2D eigenvalue weighted by atomic mass is 32.2. The van der Waals surface area contributed by atoms with Gasteiger partial charge in [0.05, 0.1) is 5.75 Å². The maximum absolute atomic E-state index is 13.0. The molecule has 3 heterocycles. The van der Waals surface area contributed by atoms with Crippen molar-refractivity contribution in [1.29, 1.82) is 0 Å². The molecule has 2 atom stereocenters. The average molecular weight is 458 g/mol.